The standard InChI is InChI=1S/C12H14BrNO3/c13-10-3-1-4-11(9-10)16-8-5-12(15)14-6-2-7-17-14/h1,3-4,9H,2,5-8H2. The van der Waals surface area contributed by atoms with Crippen LogP contribution < -0.4 is 4.74 Å². The van der Waals surface area contributed by atoms with Gasteiger partial charge in [0.05, 0.1) is 26.2 Å². The molecule has 0 saturated carbocycles. The summed E-state index contributed by atoms with van der Waals surface area (Å²) in [6.07, 6.45) is 1.25. The number of hydrogen-bond donors (Lipinski definition) is 0. The third-order valence-electron chi connectivity index (χ3n) is 2.41. The molecule has 0 spiro atoms. The lowest BCUT2D eigenvalue weighted by Crippen LogP contribution is -2.27. The smallest absolute Gasteiger partial charge is 0.249 e. The molecular weight excluding hydrogens is 286 g/mol. The van der Waals surface area contributed by atoms with Gasteiger partial charge < -0.3 is 4.74 Å². The molecule has 2 rings (SSSR count). The summed E-state index contributed by atoms with van der Waals surface area (Å²) in [4.78, 5) is 16.8. The second-order valence-electron chi connectivity index (χ2n) is 3.74. The Morgan fingerprint density at radius 3 is 3.12 bits per heavy atom. The molecule has 0 N–H and O–H groups in total. The van der Waals surface area contributed by atoms with Crippen LogP contribution in [0.15, 0.2) is 28.7 Å². The lowest BCUT2D eigenvalue weighted by Gasteiger charge is -2.13. The van der Waals surface area contributed by atoms with Crippen molar-refractivity contribution in [2.24, 2.45) is 0 Å². The van der Waals surface area contributed by atoms with Gasteiger partial charge in [-0.1, -0.05) is 22.0 Å². The molecule has 0 unspecified atom stereocenters. The molecule has 0 radical (unpaired) electrons. The summed E-state index contributed by atoms with van der Waals surface area (Å²) in [5, 5.41) is 1.42. The van der Waals surface area contributed by atoms with Crippen molar-refractivity contribution in [3.63, 3.8) is 0 Å². The summed E-state index contributed by atoms with van der Waals surface area (Å²) in [6, 6.07) is 7.55. The van der Waals surface area contributed by atoms with Crippen LogP contribution >= 0.6 is 15.9 Å². The van der Waals surface area contributed by atoms with E-state index in [4.69, 9.17) is 9.57 Å². The Kier molecular flexibility index (Phi) is 4.39. The van der Waals surface area contributed by atoms with Gasteiger partial charge in [0.1, 0.15) is 5.75 Å². The third kappa shape index (κ3) is 3.71. The SMILES string of the molecule is O=C(CCOc1cccc(Br)c1)N1CCCO1. The second-order valence-corrected chi connectivity index (χ2v) is 4.65. The molecule has 17 heavy (non-hydrogen) atoms. The van der Waals surface area contributed by atoms with E-state index in [9.17, 15) is 4.79 Å². The molecule has 1 fully saturated rings. The van der Waals surface area contributed by atoms with Gasteiger partial charge in [-0.3, -0.25) is 9.63 Å². The molecule has 0 aromatic heterocycles. The Morgan fingerprint density at radius 1 is 1.53 bits per heavy atom. The predicted octanol–water partition coefficient (Wildman–Crippen LogP) is 2.38. The van der Waals surface area contributed by atoms with Gasteiger partial charge in [-0.15, -0.1) is 0 Å². The highest BCUT2D eigenvalue weighted by Crippen LogP contribution is 2.18. The van der Waals surface area contributed by atoms with Gasteiger partial charge >= 0.3 is 0 Å². The summed E-state index contributed by atoms with van der Waals surface area (Å²) < 4.78 is 6.45. The molecule has 0 aliphatic carbocycles. The monoisotopic (exact) mass is 299 g/mol. The number of nitrogens with zero attached hydrogens (tertiary/aromatic N) is 1. The minimum atomic E-state index is -0.0162. The maximum absolute atomic E-state index is 11.6. The lowest BCUT2D eigenvalue weighted by molar-refractivity contribution is -0.169. The maximum atomic E-state index is 11.6. The van der Waals surface area contributed by atoms with Crippen LogP contribution in [0, 0.1) is 0 Å². The van der Waals surface area contributed by atoms with Crippen LogP contribution in [0.4, 0.5) is 0 Å². The minimum absolute atomic E-state index is 0.0162. The van der Waals surface area contributed by atoms with Gasteiger partial charge in [-0.25, -0.2) is 5.06 Å². The van der Waals surface area contributed by atoms with Crippen LogP contribution in [-0.4, -0.2) is 30.7 Å². The zero-order valence-electron chi connectivity index (χ0n) is 9.39. The maximum Gasteiger partial charge on any atom is 0.249 e. The van der Waals surface area contributed by atoms with E-state index >= 15 is 0 Å². The molecule has 0 atom stereocenters. The molecule has 4 nitrogen and oxygen atoms in total. The molecule has 1 aromatic rings. The number of carbonyl (C=O) groups excluding carboxylic acids is 1. The van der Waals surface area contributed by atoms with Crippen LogP contribution in [0.3, 0.4) is 0 Å². The van der Waals surface area contributed by atoms with Gasteiger partial charge in [-0.2, -0.15) is 0 Å². The van der Waals surface area contributed by atoms with Crippen LogP contribution in [0.5, 0.6) is 5.75 Å². The first-order valence-corrected chi connectivity index (χ1v) is 6.36. The van der Waals surface area contributed by atoms with Crippen LogP contribution in [0.25, 0.3) is 0 Å². The van der Waals surface area contributed by atoms with Crippen LogP contribution in [0.1, 0.15) is 12.8 Å². The van der Waals surface area contributed by atoms with Gasteiger partial charge in [-0.05, 0) is 24.6 Å². The molecular formula is C12H14BrNO3. The normalized spacial score (nSPS) is 15.0. The van der Waals surface area contributed by atoms with Crippen molar-refractivity contribution < 1.29 is 14.4 Å². The number of carbonyl (C=O) groups is 1. The molecule has 5 heteroatoms. The molecule has 92 valence electrons. The van der Waals surface area contributed by atoms with E-state index in [1.54, 1.807) is 0 Å². The van der Waals surface area contributed by atoms with E-state index in [1.165, 1.54) is 5.06 Å². The number of rotatable bonds is 4. The average Bonchev–Trinajstić information content (AvgIpc) is 2.82. The highest BCUT2D eigenvalue weighted by Gasteiger charge is 2.18. The minimum Gasteiger partial charge on any atom is -0.493 e. The Hall–Kier alpha value is -1.07. The Morgan fingerprint density at radius 2 is 2.41 bits per heavy atom. The Labute approximate surface area is 109 Å². The number of hydroxylamine groups is 2. The number of halogens is 1. The van der Waals surface area contributed by atoms with Crippen molar-refractivity contribution in [1.82, 2.24) is 5.06 Å². The zero-order valence-corrected chi connectivity index (χ0v) is 11.0. The topological polar surface area (TPSA) is 38.8 Å². The predicted molar refractivity (Wildman–Crippen MR) is 66.5 cm³/mol. The van der Waals surface area contributed by atoms with Crippen molar-refractivity contribution in [2.45, 2.75) is 12.8 Å². The second kappa shape index (κ2) is 6.02. The first-order chi connectivity index (χ1) is 8.25. The summed E-state index contributed by atoms with van der Waals surface area (Å²) in [5.41, 5.74) is 0. The Bertz CT molecular complexity index is 391. The van der Waals surface area contributed by atoms with Crippen molar-refractivity contribution in [2.75, 3.05) is 19.8 Å². The Balaban J connectivity index is 1.73. The summed E-state index contributed by atoms with van der Waals surface area (Å²) in [6.45, 7) is 1.70. The first-order valence-electron chi connectivity index (χ1n) is 5.57. The first kappa shape index (κ1) is 12.4. The molecule has 1 heterocycles. The van der Waals surface area contributed by atoms with Crippen molar-refractivity contribution in [3.8, 4) is 5.75 Å². The zero-order chi connectivity index (χ0) is 12.1. The molecule has 1 aliphatic rings. The largest absolute Gasteiger partial charge is 0.493 e. The quantitative estimate of drug-likeness (QED) is 0.857. The fraction of sp³-hybridized carbons (Fsp3) is 0.417. The highest BCUT2D eigenvalue weighted by atomic mass is 79.9. The lowest BCUT2D eigenvalue weighted by atomic mass is 10.3. The van der Waals surface area contributed by atoms with E-state index < -0.39 is 0 Å². The van der Waals surface area contributed by atoms with E-state index in [0.717, 1.165) is 16.6 Å². The van der Waals surface area contributed by atoms with Gasteiger partial charge in [0.25, 0.3) is 0 Å². The number of ether oxygens (including phenoxy) is 1. The molecule has 1 aliphatic heterocycles. The van der Waals surface area contributed by atoms with Crippen molar-refractivity contribution in [3.05, 3.63) is 28.7 Å². The number of amides is 1. The fourth-order valence-electron chi connectivity index (χ4n) is 1.58. The van der Waals surface area contributed by atoms with Crippen LogP contribution in [0.2, 0.25) is 0 Å². The van der Waals surface area contributed by atoms with Gasteiger partial charge in [0.2, 0.25) is 5.91 Å². The average molecular weight is 300 g/mol. The number of hydrogen-bond acceptors (Lipinski definition) is 3. The molecule has 1 saturated heterocycles. The van der Waals surface area contributed by atoms with E-state index in [2.05, 4.69) is 15.9 Å². The van der Waals surface area contributed by atoms with Gasteiger partial charge in [0, 0.05) is 4.47 Å². The van der Waals surface area contributed by atoms with E-state index in [0.29, 0.717) is 26.2 Å². The number of benzene rings is 1. The summed E-state index contributed by atoms with van der Waals surface area (Å²) >= 11 is 3.36. The van der Waals surface area contributed by atoms with E-state index in [-0.39, 0.29) is 5.91 Å². The van der Waals surface area contributed by atoms with Gasteiger partial charge in [0.15, 0.2) is 0 Å². The van der Waals surface area contributed by atoms with E-state index in [1.807, 2.05) is 24.3 Å². The van der Waals surface area contributed by atoms with Crippen molar-refractivity contribution >= 4 is 21.8 Å². The molecule has 1 amide bonds. The highest BCUT2D eigenvalue weighted by molar-refractivity contribution is 9.10. The van der Waals surface area contributed by atoms with Crippen LogP contribution in [-0.2, 0) is 9.63 Å². The summed E-state index contributed by atoms with van der Waals surface area (Å²) in [5.74, 6) is 0.743. The van der Waals surface area contributed by atoms with Crippen molar-refractivity contribution in [1.29, 1.82) is 0 Å². The summed E-state index contributed by atoms with van der Waals surface area (Å²) in [7, 11) is 0. The molecule has 1 aromatic carbocycles. The third-order valence-corrected chi connectivity index (χ3v) is 2.90. The fourth-order valence-corrected chi connectivity index (χ4v) is 1.96. The molecule has 0 bridgehead atoms.